The molecule has 0 aromatic heterocycles. The Bertz CT molecular complexity index is 53.0. The Morgan fingerprint density at radius 3 is 2.10 bits per heavy atom. The van der Waals surface area contributed by atoms with E-state index in [0.29, 0.717) is 0 Å². The van der Waals surface area contributed by atoms with Crippen LogP contribution in [-0.2, 0) is 0 Å². The highest BCUT2D eigenvalue weighted by molar-refractivity contribution is 7.78. The first kappa shape index (κ1) is 10.2. The molecule has 0 fully saturated rings. The van der Waals surface area contributed by atoms with E-state index >= 15 is 0 Å². The third-order valence-corrected chi connectivity index (χ3v) is 1.58. The summed E-state index contributed by atoms with van der Waals surface area (Å²) < 4.78 is 2.81. The van der Waals surface area contributed by atoms with E-state index in [1.165, 1.54) is 25.7 Å². The highest BCUT2D eigenvalue weighted by atomic mass is 32.1. The minimum atomic E-state index is 0.925. The molecule has 0 aromatic rings. The highest BCUT2D eigenvalue weighted by Crippen LogP contribution is 1.97. The maximum Gasteiger partial charge on any atom is 0.00974 e. The topological polar surface area (TPSA) is 50.1 Å². The van der Waals surface area contributed by atoms with Crippen LogP contribution in [0.3, 0.4) is 0 Å². The molecule has 3 nitrogen and oxygen atoms in total. The molecule has 0 atom stereocenters. The summed E-state index contributed by atoms with van der Waals surface area (Å²) in [6.07, 6.45) is 4.88. The molecule has 0 saturated carbocycles. The summed E-state index contributed by atoms with van der Waals surface area (Å²) in [7, 11) is 0. The second-order valence-corrected chi connectivity index (χ2v) is 2.59. The average Bonchev–Trinajstić information content (AvgIpc) is 1.97. The first-order chi connectivity index (χ1) is 4.91. The molecule has 0 radical (unpaired) electrons. The lowest BCUT2D eigenvalue weighted by Crippen LogP contribution is -2.22. The molecule has 4 heteroatoms. The van der Waals surface area contributed by atoms with Crippen LogP contribution >= 0.6 is 12.8 Å². The van der Waals surface area contributed by atoms with Gasteiger partial charge in [-0.3, -0.25) is 16.0 Å². The molecule has 62 valence electrons. The van der Waals surface area contributed by atoms with E-state index in [0.717, 1.165) is 13.1 Å². The zero-order valence-electron chi connectivity index (χ0n) is 6.27. The van der Waals surface area contributed by atoms with Gasteiger partial charge < -0.3 is 0 Å². The summed E-state index contributed by atoms with van der Waals surface area (Å²) >= 11 is 3.88. The van der Waals surface area contributed by atoms with Crippen molar-refractivity contribution in [3.8, 4) is 0 Å². The zero-order valence-corrected chi connectivity index (χ0v) is 7.16. The number of hydrogen-bond acceptors (Lipinski definition) is 4. The van der Waals surface area contributed by atoms with Gasteiger partial charge in [-0.15, -0.1) is 0 Å². The number of thiol groups is 1. The molecule has 4 N–H and O–H groups in total. The van der Waals surface area contributed by atoms with Crippen molar-refractivity contribution in [3.63, 3.8) is 0 Å². The predicted molar refractivity (Wildman–Crippen MR) is 47.6 cm³/mol. The van der Waals surface area contributed by atoms with Crippen molar-refractivity contribution >= 4 is 12.8 Å². The molecule has 0 rings (SSSR count). The first-order valence-electron chi connectivity index (χ1n) is 3.72. The summed E-state index contributed by atoms with van der Waals surface area (Å²) in [6.45, 7) is 1.92. The maximum atomic E-state index is 5.09. The summed E-state index contributed by atoms with van der Waals surface area (Å²) in [5.74, 6) is 5.09. The highest BCUT2D eigenvalue weighted by Gasteiger charge is 1.87. The van der Waals surface area contributed by atoms with Gasteiger partial charge in [0.05, 0.1) is 0 Å². The van der Waals surface area contributed by atoms with Crippen molar-refractivity contribution in [2.24, 2.45) is 5.84 Å². The second-order valence-electron chi connectivity index (χ2n) is 2.28. The van der Waals surface area contributed by atoms with Gasteiger partial charge in [-0.25, -0.2) is 0 Å². The van der Waals surface area contributed by atoms with Crippen LogP contribution in [0.5, 0.6) is 0 Å². The van der Waals surface area contributed by atoms with E-state index in [4.69, 9.17) is 5.84 Å². The standard InChI is InChI=1S/C6H17N3S/c7-8-5-3-1-2-4-6-9-10/h8-10H,1-7H2. The Kier molecular flexibility index (Phi) is 9.44. The molecule has 0 aromatic carbocycles. The molecule has 0 spiro atoms. The Hall–Kier alpha value is 0.230. The lowest BCUT2D eigenvalue weighted by atomic mass is 10.2. The largest absolute Gasteiger partial charge is 0.271 e. The van der Waals surface area contributed by atoms with Crippen LogP contribution in [0, 0.1) is 0 Å². The van der Waals surface area contributed by atoms with Crippen LogP contribution < -0.4 is 16.0 Å². The van der Waals surface area contributed by atoms with Crippen LogP contribution in [-0.4, -0.2) is 13.1 Å². The van der Waals surface area contributed by atoms with Crippen molar-refractivity contribution in [1.29, 1.82) is 0 Å². The average molecular weight is 163 g/mol. The third-order valence-electron chi connectivity index (χ3n) is 1.36. The fourth-order valence-corrected chi connectivity index (χ4v) is 0.943. The predicted octanol–water partition coefficient (Wildman–Crippen LogP) is 0.444. The van der Waals surface area contributed by atoms with Gasteiger partial charge >= 0.3 is 0 Å². The van der Waals surface area contributed by atoms with Gasteiger partial charge in [0.15, 0.2) is 0 Å². The minimum Gasteiger partial charge on any atom is -0.271 e. The number of unbranched alkanes of at least 4 members (excludes halogenated alkanes) is 3. The van der Waals surface area contributed by atoms with Gasteiger partial charge in [0.2, 0.25) is 0 Å². The van der Waals surface area contributed by atoms with Gasteiger partial charge in [0.1, 0.15) is 0 Å². The number of nitrogens with one attached hydrogen (secondary N) is 2. The van der Waals surface area contributed by atoms with Gasteiger partial charge in [-0.2, -0.15) is 0 Å². The van der Waals surface area contributed by atoms with E-state index in [2.05, 4.69) is 23.0 Å². The summed E-state index contributed by atoms with van der Waals surface area (Å²) in [4.78, 5) is 0. The van der Waals surface area contributed by atoms with E-state index < -0.39 is 0 Å². The van der Waals surface area contributed by atoms with Crippen molar-refractivity contribution < 1.29 is 0 Å². The van der Waals surface area contributed by atoms with Crippen LogP contribution in [0.2, 0.25) is 0 Å². The fourth-order valence-electron chi connectivity index (χ4n) is 0.785. The third kappa shape index (κ3) is 8.23. The number of hydrazine groups is 1. The molecule has 0 aliphatic carbocycles. The fraction of sp³-hybridized carbons (Fsp3) is 1.00. The van der Waals surface area contributed by atoms with Gasteiger partial charge in [-0.05, 0) is 12.8 Å². The monoisotopic (exact) mass is 163 g/mol. The Morgan fingerprint density at radius 2 is 1.60 bits per heavy atom. The zero-order chi connectivity index (χ0) is 7.66. The quantitative estimate of drug-likeness (QED) is 0.191. The lowest BCUT2D eigenvalue weighted by Gasteiger charge is -1.99. The Labute approximate surface area is 68.3 Å². The van der Waals surface area contributed by atoms with Crippen LogP contribution in [0.1, 0.15) is 25.7 Å². The van der Waals surface area contributed by atoms with Gasteiger partial charge in [-0.1, -0.05) is 25.7 Å². The van der Waals surface area contributed by atoms with Crippen molar-refractivity contribution in [1.82, 2.24) is 10.1 Å². The molecular formula is C6H17N3S. The summed E-state index contributed by atoms with van der Waals surface area (Å²) in [5.41, 5.74) is 2.63. The molecular weight excluding hydrogens is 146 g/mol. The Balaban J connectivity index is 2.65. The number of rotatable bonds is 7. The van der Waals surface area contributed by atoms with Crippen LogP contribution in [0.4, 0.5) is 0 Å². The first-order valence-corrected chi connectivity index (χ1v) is 4.17. The van der Waals surface area contributed by atoms with Gasteiger partial charge in [0, 0.05) is 13.1 Å². The molecule has 0 aliphatic rings. The normalized spacial score (nSPS) is 10.2. The number of hydrogen-bond donors (Lipinski definition) is 4. The molecule has 0 amide bonds. The summed E-state index contributed by atoms with van der Waals surface area (Å²) in [6, 6.07) is 0. The summed E-state index contributed by atoms with van der Waals surface area (Å²) in [5, 5.41) is 0. The van der Waals surface area contributed by atoms with Crippen LogP contribution in [0.15, 0.2) is 0 Å². The van der Waals surface area contributed by atoms with E-state index in [-0.39, 0.29) is 0 Å². The molecule has 0 bridgehead atoms. The van der Waals surface area contributed by atoms with Crippen molar-refractivity contribution in [2.45, 2.75) is 25.7 Å². The van der Waals surface area contributed by atoms with E-state index in [9.17, 15) is 0 Å². The maximum absolute atomic E-state index is 5.09. The van der Waals surface area contributed by atoms with Crippen molar-refractivity contribution in [2.75, 3.05) is 13.1 Å². The second kappa shape index (κ2) is 9.23. The molecule has 0 unspecified atom stereocenters. The van der Waals surface area contributed by atoms with E-state index in [1.807, 2.05) is 0 Å². The van der Waals surface area contributed by atoms with E-state index in [1.54, 1.807) is 0 Å². The van der Waals surface area contributed by atoms with Crippen LogP contribution in [0.25, 0.3) is 0 Å². The SMILES string of the molecule is NNCCCCCCNS. The van der Waals surface area contributed by atoms with Crippen molar-refractivity contribution in [3.05, 3.63) is 0 Å². The Morgan fingerprint density at radius 1 is 1.00 bits per heavy atom. The molecule has 0 saturated heterocycles. The molecule has 0 aliphatic heterocycles. The molecule has 0 heterocycles. The number of nitrogens with two attached hydrogens (primary N) is 1. The smallest absolute Gasteiger partial charge is 0.00974 e. The molecule has 10 heavy (non-hydrogen) atoms. The van der Waals surface area contributed by atoms with Gasteiger partial charge in [0.25, 0.3) is 0 Å². The lowest BCUT2D eigenvalue weighted by molar-refractivity contribution is 0.599. The minimum absolute atomic E-state index is 0.925.